The van der Waals surface area contributed by atoms with Crippen LogP contribution in [0.3, 0.4) is 0 Å². The van der Waals surface area contributed by atoms with Crippen LogP contribution in [-0.2, 0) is 6.54 Å². The number of nitrogens with zero attached hydrogens (tertiary/aromatic N) is 2. The van der Waals surface area contributed by atoms with Crippen LogP contribution in [0.2, 0.25) is 0 Å². The molecule has 0 spiro atoms. The molecule has 4 aromatic carbocycles. The number of hydrogen-bond donors (Lipinski definition) is 1. The summed E-state index contributed by atoms with van der Waals surface area (Å²) in [5.41, 5.74) is 4.38. The standard InChI is InChI=1S/C29H23N3O2/c1-33-22-14-11-21(12-15-22)25-24-16-13-20-9-5-6-10-23(20)27(24)34-29-26(25)28(30)32(18-31-29)17-19-7-3-2-4-8-19/h2-16,18,25,30H,17H2,1H3/t25-/m0/s1. The van der Waals surface area contributed by atoms with E-state index in [0.29, 0.717) is 17.9 Å². The third-order valence-corrected chi connectivity index (χ3v) is 6.44. The van der Waals surface area contributed by atoms with Gasteiger partial charge in [0.1, 0.15) is 23.3 Å². The number of aromatic nitrogens is 2. The lowest BCUT2D eigenvalue weighted by Gasteiger charge is -2.29. The van der Waals surface area contributed by atoms with Crippen LogP contribution in [0, 0.1) is 5.41 Å². The molecule has 166 valence electrons. The molecule has 0 bridgehead atoms. The maximum Gasteiger partial charge on any atom is 0.228 e. The molecule has 5 heteroatoms. The second kappa shape index (κ2) is 8.19. The first-order valence-corrected chi connectivity index (χ1v) is 11.2. The third-order valence-electron chi connectivity index (χ3n) is 6.44. The van der Waals surface area contributed by atoms with Gasteiger partial charge in [-0.05, 0) is 28.6 Å². The van der Waals surface area contributed by atoms with Crippen molar-refractivity contribution in [3.05, 3.63) is 125 Å². The van der Waals surface area contributed by atoms with Crippen LogP contribution in [0.5, 0.6) is 17.4 Å². The number of hydrogen-bond acceptors (Lipinski definition) is 4. The van der Waals surface area contributed by atoms with Gasteiger partial charge in [-0.25, -0.2) is 4.98 Å². The van der Waals surface area contributed by atoms with Gasteiger partial charge in [0.15, 0.2) is 0 Å². The molecule has 1 aliphatic heterocycles. The zero-order valence-corrected chi connectivity index (χ0v) is 18.7. The summed E-state index contributed by atoms with van der Waals surface area (Å²) in [6.07, 6.45) is 1.70. The fraction of sp³-hybridized carbons (Fsp3) is 0.103. The summed E-state index contributed by atoms with van der Waals surface area (Å²) in [6, 6.07) is 30.6. The molecule has 0 fully saturated rings. The monoisotopic (exact) mass is 445 g/mol. The molecule has 1 N–H and O–H groups in total. The lowest BCUT2D eigenvalue weighted by Crippen LogP contribution is -2.30. The van der Waals surface area contributed by atoms with Gasteiger partial charge in [-0.3, -0.25) is 5.41 Å². The molecular formula is C29H23N3O2. The van der Waals surface area contributed by atoms with Crippen LogP contribution in [-0.4, -0.2) is 16.7 Å². The summed E-state index contributed by atoms with van der Waals surface area (Å²) in [5.74, 6) is 1.90. The molecular weight excluding hydrogens is 422 g/mol. The van der Waals surface area contributed by atoms with Gasteiger partial charge >= 0.3 is 0 Å². The number of rotatable bonds is 4. The quantitative estimate of drug-likeness (QED) is 0.370. The highest BCUT2D eigenvalue weighted by atomic mass is 16.5. The maximum absolute atomic E-state index is 9.15. The molecule has 0 aliphatic carbocycles. The minimum atomic E-state index is -0.183. The Morgan fingerprint density at radius 3 is 2.47 bits per heavy atom. The average Bonchev–Trinajstić information content (AvgIpc) is 2.90. The Morgan fingerprint density at radius 1 is 0.912 bits per heavy atom. The van der Waals surface area contributed by atoms with Crippen molar-refractivity contribution in [2.45, 2.75) is 12.5 Å². The Balaban J connectivity index is 1.57. The SMILES string of the molecule is COc1ccc([C@H]2c3ccc4ccccc4c3Oc3ncn(Cc4ccccc4)c(=N)c32)cc1. The largest absolute Gasteiger partial charge is 0.497 e. The summed E-state index contributed by atoms with van der Waals surface area (Å²) in [6.45, 7) is 0.569. The molecule has 0 radical (unpaired) electrons. The topological polar surface area (TPSA) is 60.1 Å². The van der Waals surface area contributed by atoms with Gasteiger partial charge in [-0.2, -0.15) is 0 Å². The van der Waals surface area contributed by atoms with Gasteiger partial charge in [-0.15, -0.1) is 0 Å². The first-order chi connectivity index (χ1) is 16.7. The number of methoxy groups -OCH3 is 1. The molecule has 0 amide bonds. The molecule has 1 aromatic heterocycles. The van der Waals surface area contributed by atoms with Crippen LogP contribution >= 0.6 is 0 Å². The second-order valence-corrected chi connectivity index (χ2v) is 8.44. The van der Waals surface area contributed by atoms with Gasteiger partial charge in [0.25, 0.3) is 0 Å². The van der Waals surface area contributed by atoms with E-state index in [-0.39, 0.29) is 5.92 Å². The third kappa shape index (κ3) is 3.33. The molecule has 0 saturated heterocycles. The summed E-state index contributed by atoms with van der Waals surface area (Å²) < 4.78 is 13.7. The van der Waals surface area contributed by atoms with E-state index in [2.05, 4.69) is 53.5 Å². The first kappa shape index (κ1) is 20.2. The highest BCUT2D eigenvalue weighted by Gasteiger charge is 2.33. The van der Waals surface area contributed by atoms with E-state index in [1.807, 2.05) is 47.0 Å². The Labute approximate surface area is 197 Å². The minimum absolute atomic E-state index is 0.183. The molecule has 5 nitrogen and oxygen atoms in total. The molecule has 0 unspecified atom stereocenters. The van der Waals surface area contributed by atoms with Crippen molar-refractivity contribution in [1.29, 1.82) is 5.41 Å². The molecule has 1 aliphatic rings. The summed E-state index contributed by atoms with van der Waals surface area (Å²) in [7, 11) is 1.67. The van der Waals surface area contributed by atoms with Crippen LogP contribution in [0.1, 0.15) is 28.2 Å². The fourth-order valence-electron chi connectivity index (χ4n) is 4.74. The molecule has 34 heavy (non-hydrogen) atoms. The summed E-state index contributed by atoms with van der Waals surface area (Å²) in [5, 5.41) is 11.3. The average molecular weight is 446 g/mol. The van der Waals surface area contributed by atoms with Crippen molar-refractivity contribution in [2.24, 2.45) is 0 Å². The van der Waals surface area contributed by atoms with Crippen molar-refractivity contribution < 1.29 is 9.47 Å². The lowest BCUT2D eigenvalue weighted by molar-refractivity contribution is 0.414. The van der Waals surface area contributed by atoms with Gasteiger partial charge < -0.3 is 14.0 Å². The van der Waals surface area contributed by atoms with E-state index in [1.54, 1.807) is 13.4 Å². The van der Waals surface area contributed by atoms with Gasteiger partial charge in [0.2, 0.25) is 5.88 Å². The van der Waals surface area contributed by atoms with E-state index < -0.39 is 0 Å². The molecule has 2 heterocycles. The maximum atomic E-state index is 9.15. The Morgan fingerprint density at radius 2 is 1.68 bits per heavy atom. The van der Waals surface area contributed by atoms with Gasteiger partial charge in [0, 0.05) is 16.9 Å². The van der Waals surface area contributed by atoms with Gasteiger partial charge in [0.05, 0.1) is 19.2 Å². The highest BCUT2D eigenvalue weighted by Crippen LogP contribution is 2.48. The molecule has 0 saturated carbocycles. The zero-order chi connectivity index (χ0) is 23.1. The predicted molar refractivity (Wildman–Crippen MR) is 132 cm³/mol. The zero-order valence-electron chi connectivity index (χ0n) is 18.7. The van der Waals surface area contributed by atoms with Crippen molar-refractivity contribution >= 4 is 10.8 Å². The van der Waals surface area contributed by atoms with Crippen LogP contribution in [0.15, 0.2) is 97.3 Å². The summed E-state index contributed by atoms with van der Waals surface area (Å²) in [4.78, 5) is 4.69. The number of nitrogens with one attached hydrogen (secondary N) is 1. The van der Waals surface area contributed by atoms with Crippen LogP contribution in [0.4, 0.5) is 0 Å². The summed E-state index contributed by atoms with van der Waals surface area (Å²) >= 11 is 0. The van der Waals surface area contributed by atoms with Crippen molar-refractivity contribution in [1.82, 2.24) is 9.55 Å². The molecule has 6 rings (SSSR count). The number of benzene rings is 4. The Hall–Kier alpha value is -4.38. The molecule has 1 atom stereocenters. The number of ether oxygens (including phenoxy) is 2. The van der Waals surface area contributed by atoms with E-state index in [4.69, 9.17) is 14.9 Å². The van der Waals surface area contributed by atoms with Crippen molar-refractivity contribution in [2.75, 3.05) is 7.11 Å². The van der Waals surface area contributed by atoms with E-state index in [0.717, 1.165) is 44.5 Å². The van der Waals surface area contributed by atoms with E-state index >= 15 is 0 Å². The molecule has 5 aromatic rings. The Bertz CT molecular complexity index is 1560. The normalized spacial score (nSPS) is 14.2. The van der Waals surface area contributed by atoms with E-state index in [1.165, 1.54) is 0 Å². The fourth-order valence-corrected chi connectivity index (χ4v) is 4.74. The minimum Gasteiger partial charge on any atom is -0.497 e. The predicted octanol–water partition coefficient (Wildman–Crippen LogP) is 5.86. The highest BCUT2D eigenvalue weighted by molar-refractivity contribution is 5.91. The van der Waals surface area contributed by atoms with Gasteiger partial charge in [-0.1, -0.05) is 78.9 Å². The second-order valence-electron chi connectivity index (χ2n) is 8.44. The van der Waals surface area contributed by atoms with Crippen LogP contribution < -0.4 is 15.0 Å². The lowest BCUT2D eigenvalue weighted by atomic mass is 9.83. The van der Waals surface area contributed by atoms with Crippen molar-refractivity contribution in [3.8, 4) is 17.4 Å². The van der Waals surface area contributed by atoms with E-state index in [9.17, 15) is 0 Å². The Kier molecular flexibility index (Phi) is 4.88. The number of fused-ring (bicyclic) bond motifs is 4. The smallest absolute Gasteiger partial charge is 0.228 e. The van der Waals surface area contributed by atoms with Crippen molar-refractivity contribution in [3.63, 3.8) is 0 Å². The van der Waals surface area contributed by atoms with Crippen LogP contribution in [0.25, 0.3) is 10.8 Å². The first-order valence-electron chi connectivity index (χ1n) is 11.2.